The fourth-order valence-corrected chi connectivity index (χ4v) is 7.79. The van der Waals surface area contributed by atoms with Crippen LogP contribution in [0.5, 0.6) is 0 Å². The second-order valence-electron chi connectivity index (χ2n) is 11.8. The minimum atomic E-state index is -1.48. The summed E-state index contributed by atoms with van der Waals surface area (Å²) in [6.07, 6.45) is 7.36. The van der Waals surface area contributed by atoms with Crippen molar-refractivity contribution in [2.75, 3.05) is 29.5 Å². The van der Waals surface area contributed by atoms with Crippen molar-refractivity contribution < 1.29 is 24.2 Å². The lowest BCUT2D eigenvalue weighted by atomic mass is 9.74. The first kappa shape index (κ1) is 28.5. The monoisotopic (exact) mass is 609 g/mol. The molecule has 1 unspecified atom stereocenters. The Bertz CT molecular complexity index is 1680. The number of hydrogen-bond acceptors (Lipinski definition) is 5. The standard InChI is InChI=1S/C35H32ClN3O5/c1-34-18-10-20-37(24-14-6-3-7-15-24)31(41)28(34)29-32(42)39(27(22-40)23-12-4-2-5-13-23)30-33(43)38(21-11-19-35(29,30)44-34)26-17-9-8-16-25(26)36/h2-19,27-30,40H,20-22H2,1H3/t27-,28+,29+,30?,34-,35+/m1/s1. The molecule has 44 heavy (non-hydrogen) atoms. The van der Waals surface area contributed by atoms with Crippen LogP contribution in [0.25, 0.3) is 0 Å². The Kier molecular flexibility index (Phi) is 6.96. The van der Waals surface area contributed by atoms with Crippen LogP contribution in [0.15, 0.2) is 109 Å². The van der Waals surface area contributed by atoms with E-state index >= 15 is 0 Å². The molecule has 224 valence electrons. The quantitative estimate of drug-likeness (QED) is 0.429. The van der Waals surface area contributed by atoms with Gasteiger partial charge in [0, 0.05) is 18.8 Å². The first-order valence-corrected chi connectivity index (χ1v) is 15.1. The Balaban J connectivity index is 1.41. The van der Waals surface area contributed by atoms with Crippen molar-refractivity contribution >= 4 is 40.7 Å². The first-order valence-electron chi connectivity index (χ1n) is 14.8. The number of amides is 3. The van der Waals surface area contributed by atoms with Gasteiger partial charge in [-0.05, 0) is 36.8 Å². The molecule has 4 aliphatic rings. The van der Waals surface area contributed by atoms with E-state index in [9.17, 15) is 19.5 Å². The fraction of sp³-hybridized carbons (Fsp3) is 0.286. The number of ether oxygens (including phenoxy) is 1. The molecule has 0 aromatic heterocycles. The molecule has 0 bridgehead atoms. The molecule has 4 aliphatic heterocycles. The number of hydrogen-bond donors (Lipinski definition) is 1. The summed E-state index contributed by atoms with van der Waals surface area (Å²) in [6.45, 7) is 1.90. The second kappa shape index (κ2) is 10.7. The number of fused-ring (bicyclic) bond motifs is 2. The highest BCUT2D eigenvalue weighted by atomic mass is 35.5. The molecule has 2 fully saturated rings. The number of anilines is 2. The molecule has 6 atom stereocenters. The van der Waals surface area contributed by atoms with Crippen LogP contribution < -0.4 is 9.80 Å². The Morgan fingerprint density at radius 2 is 1.45 bits per heavy atom. The summed E-state index contributed by atoms with van der Waals surface area (Å²) < 4.78 is 6.95. The molecule has 1 spiro atoms. The SMILES string of the molecule is C[C@@]12C=CCN(c3ccccc3)C(=O)[C@@H]1[C@H]1C(=O)N([C@H](CO)c3ccccc3)C3C(=O)N(c4ccccc4Cl)CC=C[C@@]31O2. The molecule has 0 aliphatic carbocycles. The number of nitrogens with zero attached hydrogens (tertiary/aromatic N) is 3. The Morgan fingerprint density at radius 3 is 2.16 bits per heavy atom. The number of halogens is 1. The molecule has 3 amide bonds. The smallest absolute Gasteiger partial charge is 0.253 e. The maximum Gasteiger partial charge on any atom is 0.253 e. The van der Waals surface area contributed by atoms with E-state index < -0.39 is 53.5 Å². The van der Waals surface area contributed by atoms with Crippen molar-refractivity contribution in [3.05, 3.63) is 120 Å². The first-order chi connectivity index (χ1) is 21.3. The van der Waals surface area contributed by atoms with Gasteiger partial charge in [0.1, 0.15) is 11.6 Å². The molecule has 1 N–H and O–H groups in total. The molecule has 0 radical (unpaired) electrons. The highest BCUT2D eigenvalue weighted by Crippen LogP contribution is 2.59. The predicted molar refractivity (Wildman–Crippen MR) is 167 cm³/mol. The maximum atomic E-state index is 14.9. The number of para-hydroxylation sites is 2. The summed E-state index contributed by atoms with van der Waals surface area (Å²) in [7, 11) is 0. The van der Waals surface area contributed by atoms with Crippen LogP contribution >= 0.6 is 11.6 Å². The lowest BCUT2D eigenvalue weighted by Gasteiger charge is -2.40. The van der Waals surface area contributed by atoms with Crippen molar-refractivity contribution in [3.63, 3.8) is 0 Å². The van der Waals surface area contributed by atoms with Crippen LogP contribution in [0.4, 0.5) is 11.4 Å². The zero-order chi connectivity index (χ0) is 30.6. The Hall–Kier alpha value is -4.24. The van der Waals surface area contributed by atoms with Crippen LogP contribution in [0.2, 0.25) is 5.02 Å². The summed E-state index contributed by atoms with van der Waals surface area (Å²) in [4.78, 5) is 49.0. The zero-order valence-electron chi connectivity index (χ0n) is 24.1. The van der Waals surface area contributed by atoms with Gasteiger partial charge in [0.25, 0.3) is 5.91 Å². The van der Waals surface area contributed by atoms with Gasteiger partial charge in [-0.15, -0.1) is 0 Å². The van der Waals surface area contributed by atoms with Gasteiger partial charge < -0.3 is 24.5 Å². The fourth-order valence-electron chi connectivity index (χ4n) is 7.55. The number of likely N-dealkylation sites (tertiary alicyclic amines) is 1. The van der Waals surface area contributed by atoms with Gasteiger partial charge in [-0.3, -0.25) is 14.4 Å². The molecule has 7 rings (SSSR count). The average Bonchev–Trinajstić information content (AvgIpc) is 3.30. The summed E-state index contributed by atoms with van der Waals surface area (Å²) >= 11 is 6.58. The van der Waals surface area contributed by atoms with Gasteiger partial charge in [0.05, 0.1) is 40.8 Å². The van der Waals surface area contributed by atoms with E-state index in [4.69, 9.17) is 16.3 Å². The minimum Gasteiger partial charge on any atom is -0.394 e. The van der Waals surface area contributed by atoms with Crippen molar-refractivity contribution in [2.45, 2.75) is 30.2 Å². The molecule has 3 aromatic carbocycles. The normalized spacial score (nSPS) is 30.1. The number of aliphatic hydroxyl groups excluding tert-OH is 1. The number of carbonyl (C=O) groups is 3. The summed E-state index contributed by atoms with van der Waals surface area (Å²) in [5.74, 6) is -3.02. The van der Waals surface area contributed by atoms with Crippen molar-refractivity contribution in [1.29, 1.82) is 0 Å². The average molecular weight is 610 g/mol. The molecule has 8 nitrogen and oxygen atoms in total. The summed E-state index contributed by atoms with van der Waals surface area (Å²) in [6, 6.07) is 23.5. The van der Waals surface area contributed by atoms with E-state index in [0.29, 0.717) is 28.5 Å². The van der Waals surface area contributed by atoms with Gasteiger partial charge >= 0.3 is 0 Å². The van der Waals surface area contributed by atoms with Crippen LogP contribution in [0, 0.1) is 11.8 Å². The van der Waals surface area contributed by atoms with Gasteiger partial charge in [-0.2, -0.15) is 0 Å². The molecular formula is C35H32ClN3O5. The molecular weight excluding hydrogens is 578 g/mol. The van der Waals surface area contributed by atoms with Crippen molar-refractivity contribution in [3.8, 4) is 0 Å². The second-order valence-corrected chi connectivity index (χ2v) is 12.2. The van der Waals surface area contributed by atoms with Crippen molar-refractivity contribution in [2.24, 2.45) is 11.8 Å². The molecule has 9 heteroatoms. The Labute approximate surface area is 260 Å². The molecule has 0 saturated carbocycles. The summed E-state index contributed by atoms with van der Waals surface area (Å²) in [5.41, 5.74) is -0.769. The van der Waals surface area contributed by atoms with Crippen LogP contribution in [0.3, 0.4) is 0 Å². The molecule has 3 aromatic rings. The third-order valence-corrected chi connectivity index (χ3v) is 9.72. The predicted octanol–water partition coefficient (Wildman–Crippen LogP) is 4.55. The van der Waals surface area contributed by atoms with E-state index in [0.717, 1.165) is 0 Å². The van der Waals surface area contributed by atoms with Gasteiger partial charge in [0.2, 0.25) is 11.8 Å². The summed E-state index contributed by atoms with van der Waals surface area (Å²) in [5, 5.41) is 11.2. The highest BCUT2D eigenvalue weighted by molar-refractivity contribution is 6.34. The van der Waals surface area contributed by atoms with Crippen LogP contribution in [0.1, 0.15) is 18.5 Å². The number of benzene rings is 3. The van der Waals surface area contributed by atoms with E-state index in [-0.39, 0.29) is 12.5 Å². The number of carbonyl (C=O) groups excluding carboxylic acids is 3. The lowest BCUT2D eigenvalue weighted by Crippen LogP contribution is -2.57. The van der Waals surface area contributed by atoms with Gasteiger partial charge in [0.15, 0.2) is 0 Å². The Morgan fingerprint density at radius 1 is 0.818 bits per heavy atom. The lowest BCUT2D eigenvalue weighted by molar-refractivity contribution is -0.148. The minimum absolute atomic E-state index is 0.190. The zero-order valence-corrected chi connectivity index (χ0v) is 24.9. The van der Waals surface area contributed by atoms with E-state index in [1.54, 1.807) is 40.1 Å². The van der Waals surface area contributed by atoms with Gasteiger partial charge in [-0.1, -0.05) is 96.6 Å². The highest BCUT2D eigenvalue weighted by Gasteiger charge is 2.75. The molecule has 4 heterocycles. The van der Waals surface area contributed by atoms with Crippen LogP contribution in [-0.4, -0.2) is 64.7 Å². The van der Waals surface area contributed by atoms with Crippen LogP contribution in [-0.2, 0) is 19.1 Å². The van der Waals surface area contributed by atoms with E-state index in [1.807, 2.05) is 85.8 Å². The topological polar surface area (TPSA) is 90.4 Å². The number of rotatable bonds is 5. The van der Waals surface area contributed by atoms with Crippen molar-refractivity contribution in [1.82, 2.24) is 4.90 Å². The maximum absolute atomic E-state index is 14.9. The largest absolute Gasteiger partial charge is 0.394 e. The van der Waals surface area contributed by atoms with E-state index in [1.165, 1.54) is 4.90 Å². The third kappa shape index (κ3) is 4.16. The number of aliphatic hydroxyl groups is 1. The molecule has 2 saturated heterocycles. The van der Waals surface area contributed by atoms with E-state index in [2.05, 4.69) is 0 Å². The third-order valence-electron chi connectivity index (χ3n) is 9.40. The van der Waals surface area contributed by atoms with Gasteiger partial charge in [-0.25, -0.2) is 0 Å².